The third kappa shape index (κ3) is 2.64. The van der Waals surface area contributed by atoms with E-state index in [1.54, 1.807) is 20.5 Å². The topological polar surface area (TPSA) is 76.2 Å². The second kappa shape index (κ2) is 6.40. The summed E-state index contributed by atoms with van der Waals surface area (Å²) in [6.07, 6.45) is 2.45. The molecular weight excluding hydrogens is 342 g/mol. The number of alkyl halides is 1. The van der Waals surface area contributed by atoms with E-state index in [1.165, 1.54) is 0 Å². The molecule has 3 aromatic rings. The number of halogens is 1. The summed E-state index contributed by atoms with van der Waals surface area (Å²) in [5.74, 6) is 2.58. The van der Waals surface area contributed by atoms with Crippen molar-refractivity contribution in [2.75, 3.05) is 25.7 Å². The number of fused-ring (bicyclic) bond motifs is 2. The van der Waals surface area contributed by atoms with Gasteiger partial charge in [-0.3, -0.25) is 5.10 Å². The van der Waals surface area contributed by atoms with Crippen molar-refractivity contribution in [3.05, 3.63) is 35.4 Å². The monoisotopic (exact) mass is 359 g/mol. The van der Waals surface area contributed by atoms with Gasteiger partial charge in [-0.25, -0.2) is 9.97 Å². The van der Waals surface area contributed by atoms with E-state index >= 15 is 0 Å². The molecular formula is C17H18ClN5O2. The van der Waals surface area contributed by atoms with E-state index in [9.17, 15) is 0 Å². The van der Waals surface area contributed by atoms with Crippen LogP contribution in [0.25, 0.3) is 10.9 Å². The lowest BCUT2D eigenvalue weighted by molar-refractivity contribution is 0.356. The average molecular weight is 360 g/mol. The molecule has 0 bridgehead atoms. The van der Waals surface area contributed by atoms with E-state index in [-0.39, 0.29) is 0 Å². The van der Waals surface area contributed by atoms with Crippen molar-refractivity contribution in [1.82, 2.24) is 20.2 Å². The number of rotatable bonds is 4. The Bertz CT molecular complexity index is 913. The summed E-state index contributed by atoms with van der Waals surface area (Å²) in [4.78, 5) is 11.1. The molecule has 0 fully saturated rings. The highest BCUT2D eigenvalue weighted by molar-refractivity contribution is 6.17. The van der Waals surface area contributed by atoms with Gasteiger partial charge in [0.15, 0.2) is 11.5 Å². The van der Waals surface area contributed by atoms with Crippen LogP contribution in [0.2, 0.25) is 0 Å². The molecule has 1 aliphatic heterocycles. The number of H-pyrrole nitrogens is 1. The highest BCUT2D eigenvalue weighted by Crippen LogP contribution is 2.36. The van der Waals surface area contributed by atoms with Crippen LogP contribution in [-0.2, 0) is 18.8 Å². The number of nitrogens with zero attached hydrogens (tertiary/aromatic N) is 4. The van der Waals surface area contributed by atoms with Crippen molar-refractivity contribution in [3.8, 4) is 11.5 Å². The minimum Gasteiger partial charge on any atom is -0.493 e. The highest BCUT2D eigenvalue weighted by atomic mass is 35.5. The number of hydrogen-bond donors (Lipinski definition) is 1. The third-order valence-corrected chi connectivity index (χ3v) is 4.82. The fourth-order valence-corrected chi connectivity index (χ4v) is 3.49. The summed E-state index contributed by atoms with van der Waals surface area (Å²) in [5, 5.41) is 8.32. The van der Waals surface area contributed by atoms with Gasteiger partial charge in [-0.15, -0.1) is 11.6 Å². The molecule has 0 saturated heterocycles. The first-order chi connectivity index (χ1) is 12.2. The van der Waals surface area contributed by atoms with Crippen molar-refractivity contribution in [2.24, 2.45) is 0 Å². The molecule has 2 aromatic heterocycles. The lowest BCUT2D eigenvalue weighted by Gasteiger charge is -2.29. The van der Waals surface area contributed by atoms with Gasteiger partial charge in [-0.2, -0.15) is 5.10 Å². The van der Waals surface area contributed by atoms with E-state index in [4.69, 9.17) is 21.1 Å². The molecule has 0 spiro atoms. The van der Waals surface area contributed by atoms with Gasteiger partial charge >= 0.3 is 0 Å². The summed E-state index contributed by atoms with van der Waals surface area (Å²) in [5.41, 5.74) is 4.04. The first kappa shape index (κ1) is 16.0. The Kier molecular flexibility index (Phi) is 4.09. The number of ether oxygens (including phenoxy) is 2. The van der Waals surface area contributed by atoms with Gasteiger partial charge in [0, 0.05) is 42.2 Å². The minimum atomic E-state index is 0.398. The number of anilines is 1. The van der Waals surface area contributed by atoms with Crippen LogP contribution in [0.3, 0.4) is 0 Å². The van der Waals surface area contributed by atoms with Crippen LogP contribution in [0.4, 0.5) is 5.82 Å². The van der Waals surface area contributed by atoms with E-state index in [0.29, 0.717) is 23.9 Å². The zero-order valence-corrected chi connectivity index (χ0v) is 14.8. The molecule has 0 atom stereocenters. The minimum absolute atomic E-state index is 0.398. The number of methoxy groups -OCH3 is 2. The van der Waals surface area contributed by atoms with Gasteiger partial charge in [0.2, 0.25) is 0 Å². The Morgan fingerprint density at radius 2 is 2.00 bits per heavy atom. The van der Waals surface area contributed by atoms with Gasteiger partial charge < -0.3 is 14.4 Å². The molecule has 3 heterocycles. The molecule has 4 rings (SSSR count). The van der Waals surface area contributed by atoms with E-state index in [0.717, 1.165) is 46.6 Å². The molecule has 7 nitrogen and oxygen atoms in total. The predicted octanol–water partition coefficient (Wildman–Crippen LogP) is 2.67. The molecule has 1 aliphatic rings. The third-order valence-electron chi connectivity index (χ3n) is 4.56. The van der Waals surface area contributed by atoms with Crippen LogP contribution in [-0.4, -0.2) is 40.9 Å². The van der Waals surface area contributed by atoms with Gasteiger partial charge in [0.1, 0.15) is 12.1 Å². The van der Waals surface area contributed by atoms with Gasteiger partial charge in [0.05, 0.1) is 31.3 Å². The second-order valence-electron chi connectivity index (χ2n) is 5.85. The Labute approximate surface area is 149 Å². The van der Waals surface area contributed by atoms with Crippen molar-refractivity contribution in [3.63, 3.8) is 0 Å². The number of benzene rings is 1. The smallest absolute Gasteiger partial charge is 0.162 e. The summed E-state index contributed by atoms with van der Waals surface area (Å²) in [6.45, 7) is 1.56. The van der Waals surface area contributed by atoms with Crippen LogP contribution >= 0.6 is 11.6 Å². The molecule has 0 radical (unpaired) electrons. The van der Waals surface area contributed by atoms with Crippen molar-refractivity contribution in [2.45, 2.75) is 18.8 Å². The summed E-state index contributed by atoms with van der Waals surface area (Å²) < 4.78 is 10.8. The Balaban J connectivity index is 1.79. The van der Waals surface area contributed by atoms with Crippen molar-refractivity contribution in [1.29, 1.82) is 0 Å². The van der Waals surface area contributed by atoms with Gasteiger partial charge in [0.25, 0.3) is 0 Å². The fourth-order valence-electron chi connectivity index (χ4n) is 3.27. The maximum Gasteiger partial charge on any atom is 0.162 e. The SMILES string of the molecule is COc1cc2ncnc(N3CCc4[nH]nc(CCl)c4C3)c2cc1OC. The van der Waals surface area contributed by atoms with Gasteiger partial charge in [-0.05, 0) is 6.07 Å². The van der Waals surface area contributed by atoms with Crippen LogP contribution in [0.15, 0.2) is 18.5 Å². The van der Waals surface area contributed by atoms with Crippen LogP contribution in [0.5, 0.6) is 11.5 Å². The molecule has 0 aliphatic carbocycles. The van der Waals surface area contributed by atoms with Crippen LogP contribution in [0, 0.1) is 0 Å². The summed E-state index contributed by atoms with van der Waals surface area (Å²) >= 11 is 6.01. The zero-order chi connectivity index (χ0) is 17.4. The molecule has 1 aromatic carbocycles. The molecule has 8 heteroatoms. The molecule has 1 N–H and O–H groups in total. The molecule has 130 valence electrons. The second-order valence-corrected chi connectivity index (χ2v) is 6.12. The number of aromatic nitrogens is 4. The van der Waals surface area contributed by atoms with Crippen molar-refractivity contribution < 1.29 is 9.47 Å². The lowest BCUT2D eigenvalue weighted by Crippen LogP contribution is -2.31. The Morgan fingerprint density at radius 3 is 2.76 bits per heavy atom. The normalized spacial score (nSPS) is 13.8. The zero-order valence-electron chi connectivity index (χ0n) is 14.0. The first-order valence-electron chi connectivity index (χ1n) is 7.97. The average Bonchev–Trinajstić information content (AvgIpc) is 3.08. The number of nitrogens with one attached hydrogen (secondary N) is 1. The standard InChI is InChI=1S/C17H18ClN5O2/c1-24-15-5-10-13(6-16(15)25-2)19-9-20-17(10)23-4-3-12-11(8-23)14(7-18)22-21-12/h5-6,9H,3-4,7-8H2,1-2H3,(H,21,22). The first-order valence-corrected chi connectivity index (χ1v) is 8.51. The molecule has 0 amide bonds. The van der Waals surface area contributed by atoms with E-state index in [1.807, 2.05) is 12.1 Å². The van der Waals surface area contributed by atoms with E-state index in [2.05, 4.69) is 25.1 Å². The summed E-state index contributed by atoms with van der Waals surface area (Å²) in [6, 6.07) is 3.80. The predicted molar refractivity (Wildman–Crippen MR) is 95.5 cm³/mol. The van der Waals surface area contributed by atoms with Crippen molar-refractivity contribution >= 4 is 28.3 Å². The largest absolute Gasteiger partial charge is 0.493 e. The molecule has 0 saturated carbocycles. The fraction of sp³-hybridized carbons (Fsp3) is 0.353. The highest BCUT2D eigenvalue weighted by Gasteiger charge is 2.24. The maximum absolute atomic E-state index is 6.01. The Hall–Kier alpha value is -2.54. The van der Waals surface area contributed by atoms with Gasteiger partial charge in [-0.1, -0.05) is 0 Å². The van der Waals surface area contributed by atoms with Crippen LogP contribution < -0.4 is 14.4 Å². The number of aromatic amines is 1. The molecule has 25 heavy (non-hydrogen) atoms. The molecule has 0 unspecified atom stereocenters. The van der Waals surface area contributed by atoms with Crippen LogP contribution in [0.1, 0.15) is 17.0 Å². The Morgan fingerprint density at radius 1 is 1.20 bits per heavy atom. The van der Waals surface area contributed by atoms with E-state index < -0.39 is 0 Å². The lowest BCUT2D eigenvalue weighted by atomic mass is 10.1. The quantitative estimate of drug-likeness (QED) is 0.722. The summed E-state index contributed by atoms with van der Waals surface area (Å²) in [7, 11) is 3.24. The maximum atomic E-state index is 6.01. The number of hydrogen-bond acceptors (Lipinski definition) is 6.